The van der Waals surface area contributed by atoms with Gasteiger partial charge in [-0.2, -0.15) is 0 Å². The molecule has 102 valence electrons. The van der Waals surface area contributed by atoms with Gasteiger partial charge >= 0.3 is 0 Å². The topological polar surface area (TPSA) is 32.3 Å². The molecular formula is C16H27NO. The molecule has 0 radical (unpaired) electrons. The van der Waals surface area contributed by atoms with Gasteiger partial charge in [-0.3, -0.25) is 0 Å². The van der Waals surface area contributed by atoms with Gasteiger partial charge in [0.25, 0.3) is 0 Å². The quantitative estimate of drug-likeness (QED) is 0.777. The fraction of sp³-hybridized carbons (Fsp3) is 0.625. The maximum absolute atomic E-state index is 9.40. The largest absolute Gasteiger partial charge is 0.396 e. The summed E-state index contributed by atoms with van der Waals surface area (Å²) in [6, 6.07) is 9.10. The Hall–Kier alpha value is -0.860. The third-order valence-corrected chi connectivity index (χ3v) is 3.96. The molecule has 2 heteroatoms. The summed E-state index contributed by atoms with van der Waals surface area (Å²) >= 11 is 0. The standard InChI is InChI=1S/C16H27NO/c1-5-14-7-9-15(10-8-14)13(3)17-11-16(4,6-2)12-18/h7-10,13,17-18H,5-6,11-12H2,1-4H3. The summed E-state index contributed by atoms with van der Waals surface area (Å²) in [5.74, 6) is 0. The number of nitrogens with one attached hydrogen (secondary N) is 1. The first-order valence-electron chi connectivity index (χ1n) is 6.97. The lowest BCUT2D eigenvalue weighted by Crippen LogP contribution is -2.35. The van der Waals surface area contributed by atoms with Crippen LogP contribution in [0.3, 0.4) is 0 Å². The zero-order chi connectivity index (χ0) is 13.6. The van der Waals surface area contributed by atoms with E-state index in [1.807, 2.05) is 0 Å². The van der Waals surface area contributed by atoms with Crippen LogP contribution in [0, 0.1) is 5.41 Å². The summed E-state index contributed by atoms with van der Waals surface area (Å²) in [5.41, 5.74) is 2.67. The Morgan fingerprint density at radius 1 is 1.22 bits per heavy atom. The first-order valence-corrected chi connectivity index (χ1v) is 6.97. The highest BCUT2D eigenvalue weighted by Gasteiger charge is 2.21. The minimum Gasteiger partial charge on any atom is -0.396 e. The minimum atomic E-state index is -0.0163. The number of benzene rings is 1. The highest BCUT2D eigenvalue weighted by molar-refractivity contribution is 5.24. The second-order valence-corrected chi connectivity index (χ2v) is 5.52. The van der Waals surface area contributed by atoms with Crippen LogP contribution in [0.25, 0.3) is 0 Å². The van der Waals surface area contributed by atoms with E-state index < -0.39 is 0 Å². The van der Waals surface area contributed by atoms with Crippen molar-refractivity contribution in [2.45, 2.75) is 46.6 Å². The lowest BCUT2D eigenvalue weighted by Gasteiger charge is -2.28. The molecule has 1 aromatic carbocycles. The van der Waals surface area contributed by atoms with Crippen LogP contribution >= 0.6 is 0 Å². The molecule has 2 nitrogen and oxygen atoms in total. The fourth-order valence-corrected chi connectivity index (χ4v) is 1.85. The molecule has 0 saturated heterocycles. The fourth-order valence-electron chi connectivity index (χ4n) is 1.85. The molecule has 1 rings (SSSR count). The monoisotopic (exact) mass is 249 g/mol. The molecule has 2 atom stereocenters. The van der Waals surface area contributed by atoms with Crippen LogP contribution in [0.15, 0.2) is 24.3 Å². The van der Waals surface area contributed by atoms with Crippen LogP contribution in [-0.4, -0.2) is 18.3 Å². The zero-order valence-electron chi connectivity index (χ0n) is 12.2. The predicted octanol–water partition coefficient (Wildman–Crippen LogP) is 3.31. The molecule has 18 heavy (non-hydrogen) atoms. The summed E-state index contributed by atoms with van der Waals surface area (Å²) in [7, 11) is 0. The lowest BCUT2D eigenvalue weighted by molar-refractivity contribution is 0.132. The van der Waals surface area contributed by atoms with Crippen molar-refractivity contribution in [1.82, 2.24) is 5.32 Å². The molecule has 0 aliphatic carbocycles. The van der Waals surface area contributed by atoms with Crippen LogP contribution in [-0.2, 0) is 6.42 Å². The van der Waals surface area contributed by atoms with E-state index in [1.54, 1.807) is 0 Å². The van der Waals surface area contributed by atoms with E-state index in [2.05, 4.69) is 57.3 Å². The van der Waals surface area contributed by atoms with Crippen molar-refractivity contribution in [3.63, 3.8) is 0 Å². The van der Waals surface area contributed by atoms with Crippen molar-refractivity contribution in [2.75, 3.05) is 13.2 Å². The summed E-state index contributed by atoms with van der Waals surface area (Å²) in [6.45, 7) is 9.67. The van der Waals surface area contributed by atoms with Crippen molar-refractivity contribution in [3.05, 3.63) is 35.4 Å². The van der Waals surface area contributed by atoms with Crippen molar-refractivity contribution in [2.24, 2.45) is 5.41 Å². The van der Waals surface area contributed by atoms with E-state index in [0.717, 1.165) is 19.4 Å². The summed E-state index contributed by atoms with van der Waals surface area (Å²) < 4.78 is 0. The van der Waals surface area contributed by atoms with Gasteiger partial charge in [0.1, 0.15) is 0 Å². The Kier molecular flexibility index (Phi) is 5.83. The number of rotatable bonds is 7. The highest BCUT2D eigenvalue weighted by Crippen LogP contribution is 2.21. The maximum atomic E-state index is 9.40. The summed E-state index contributed by atoms with van der Waals surface area (Å²) in [4.78, 5) is 0. The molecule has 0 amide bonds. The van der Waals surface area contributed by atoms with Crippen molar-refractivity contribution < 1.29 is 5.11 Å². The molecule has 0 fully saturated rings. The molecule has 1 aromatic rings. The first kappa shape index (κ1) is 15.2. The third kappa shape index (κ3) is 4.11. The molecule has 0 spiro atoms. The minimum absolute atomic E-state index is 0.0163. The lowest BCUT2D eigenvalue weighted by atomic mass is 9.88. The van der Waals surface area contributed by atoms with Gasteiger partial charge in [0.05, 0.1) is 0 Å². The van der Waals surface area contributed by atoms with Crippen LogP contribution < -0.4 is 5.32 Å². The molecule has 0 saturated carbocycles. The predicted molar refractivity (Wildman–Crippen MR) is 77.7 cm³/mol. The number of hydrogen-bond acceptors (Lipinski definition) is 2. The normalized spacial score (nSPS) is 16.3. The van der Waals surface area contributed by atoms with Crippen molar-refractivity contribution in [3.8, 4) is 0 Å². The van der Waals surface area contributed by atoms with Crippen LogP contribution in [0.5, 0.6) is 0 Å². The Bertz CT molecular complexity index is 341. The molecule has 0 aliphatic heterocycles. The average Bonchev–Trinajstić information content (AvgIpc) is 2.44. The van der Waals surface area contributed by atoms with E-state index in [1.165, 1.54) is 11.1 Å². The SMILES string of the molecule is CCc1ccc(C(C)NCC(C)(CC)CO)cc1. The van der Waals surface area contributed by atoms with Gasteiger partial charge in [-0.15, -0.1) is 0 Å². The molecule has 0 bridgehead atoms. The van der Waals surface area contributed by atoms with E-state index in [4.69, 9.17) is 0 Å². The Balaban J connectivity index is 2.56. The number of aliphatic hydroxyl groups excluding tert-OH is 1. The van der Waals surface area contributed by atoms with Crippen LogP contribution in [0.2, 0.25) is 0 Å². The van der Waals surface area contributed by atoms with E-state index in [-0.39, 0.29) is 12.0 Å². The number of aryl methyl sites for hydroxylation is 1. The van der Waals surface area contributed by atoms with Crippen molar-refractivity contribution in [1.29, 1.82) is 0 Å². The first-order chi connectivity index (χ1) is 8.54. The van der Waals surface area contributed by atoms with Gasteiger partial charge in [-0.25, -0.2) is 0 Å². The van der Waals surface area contributed by atoms with E-state index in [9.17, 15) is 5.11 Å². The van der Waals surface area contributed by atoms with Crippen LogP contribution in [0.1, 0.15) is 51.3 Å². The third-order valence-electron chi connectivity index (χ3n) is 3.96. The zero-order valence-corrected chi connectivity index (χ0v) is 12.2. The van der Waals surface area contributed by atoms with E-state index >= 15 is 0 Å². The average molecular weight is 249 g/mol. The maximum Gasteiger partial charge on any atom is 0.0496 e. The summed E-state index contributed by atoms with van der Waals surface area (Å²) in [5, 5.41) is 12.9. The van der Waals surface area contributed by atoms with Crippen molar-refractivity contribution >= 4 is 0 Å². The Labute approximate surface area is 111 Å². The van der Waals surface area contributed by atoms with Gasteiger partial charge < -0.3 is 10.4 Å². The molecule has 2 N–H and O–H groups in total. The number of hydrogen-bond donors (Lipinski definition) is 2. The van der Waals surface area contributed by atoms with Gasteiger partial charge in [0.15, 0.2) is 0 Å². The second kappa shape index (κ2) is 6.91. The Morgan fingerprint density at radius 2 is 1.83 bits per heavy atom. The molecule has 0 aliphatic rings. The van der Waals surface area contributed by atoms with Gasteiger partial charge in [0, 0.05) is 24.6 Å². The molecule has 0 heterocycles. The van der Waals surface area contributed by atoms with Gasteiger partial charge in [-0.1, -0.05) is 45.0 Å². The van der Waals surface area contributed by atoms with E-state index in [0.29, 0.717) is 6.04 Å². The van der Waals surface area contributed by atoms with Crippen LogP contribution in [0.4, 0.5) is 0 Å². The highest BCUT2D eigenvalue weighted by atomic mass is 16.3. The van der Waals surface area contributed by atoms with Gasteiger partial charge in [0.2, 0.25) is 0 Å². The smallest absolute Gasteiger partial charge is 0.0496 e. The summed E-state index contributed by atoms with van der Waals surface area (Å²) in [6.07, 6.45) is 2.07. The number of aliphatic hydroxyl groups is 1. The molecule has 2 unspecified atom stereocenters. The molecular weight excluding hydrogens is 222 g/mol. The van der Waals surface area contributed by atoms with Gasteiger partial charge in [-0.05, 0) is 30.9 Å². The second-order valence-electron chi connectivity index (χ2n) is 5.52. The molecule has 0 aromatic heterocycles. The Morgan fingerprint density at radius 3 is 2.28 bits per heavy atom.